The van der Waals surface area contributed by atoms with Crippen molar-refractivity contribution in [1.82, 2.24) is 19.1 Å². The van der Waals surface area contributed by atoms with E-state index in [2.05, 4.69) is 10.1 Å². The minimum absolute atomic E-state index is 0.213. The molecule has 0 spiro atoms. The quantitative estimate of drug-likeness (QED) is 0.685. The second kappa shape index (κ2) is 6.95. The summed E-state index contributed by atoms with van der Waals surface area (Å²) in [4.78, 5) is 4.12. The monoisotopic (exact) mass is 376 g/mol. The number of sulfonamides is 1. The Bertz CT molecular complexity index is 939. The average Bonchev–Trinajstić information content (AvgIpc) is 3.15. The van der Waals surface area contributed by atoms with Crippen molar-refractivity contribution in [3.63, 3.8) is 0 Å². The van der Waals surface area contributed by atoms with Crippen molar-refractivity contribution >= 4 is 21.6 Å². The van der Waals surface area contributed by atoms with Gasteiger partial charge in [-0.05, 0) is 48.9 Å². The van der Waals surface area contributed by atoms with Gasteiger partial charge in [0, 0.05) is 18.1 Å². The van der Waals surface area contributed by atoms with Crippen molar-refractivity contribution in [3.05, 3.63) is 71.8 Å². The molecule has 0 unspecified atom stereocenters. The molecule has 0 N–H and O–H groups in total. The maximum absolute atomic E-state index is 12.8. The van der Waals surface area contributed by atoms with Crippen molar-refractivity contribution in [2.24, 2.45) is 0 Å². The summed E-state index contributed by atoms with van der Waals surface area (Å²) < 4.78 is 28.5. The molecule has 0 aliphatic heterocycles. The van der Waals surface area contributed by atoms with Gasteiger partial charge in [0.1, 0.15) is 12.7 Å². The molecule has 0 bridgehead atoms. The molecule has 3 aromatic rings. The van der Waals surface area contributed by atoms with Gasteiger partial charge in [-0.1, -0.05) is 23.7 Å². The lowest BCUT2D eigenvalue weighted by molar-refractivity contribution is 0.398. The lowest BCUT2D eigenvalue weighted by Gasteiger charge is -2.25. The standard InChI is InChI=1S/C17H17ClN4O2S/c1-13(14-3-7-16(8-4-14)22-12-19-11-20-22)21(2)25(23,24)17-9-5-15(18)6-10-17/h3-13H,1-2H3/t13-/m0/s1. The molecule has 0 saturated carbocycles. The van der Waals surface area contributed by atoms with Crippen LogP contribution in [-0.2, 0) is 10.0 Å². The number of hydrogen-bond donors (Lipinski definition) is 0. The zero-order valence-electron chi connectivity index (χ0n) is 13.7. The first kappa shape index (κ1) is 17.6. The third-order valence-electron chi connectivity index (χ3n) is 4.09. The van der Waals surface area contributed by atoms with Gasteiger partial charge >= 0.3 is 0 Å². The molecular weight excluding hydrogens is 360 g/mol. The van der Waals surface area contributed by atoms with Crippen molar-refractivity contribution in [2.75, 3.05) is 7.05 Å². The summed E-state index contributed by atoms with van der Waals surface area (Å²) in [7, 11) is -2.04. The summed E-state index contributed by atoms with van der Waals surface area (Å²) in [6, 6.07) is 13.4. The van der Waals surface area contributed by atoms with Crippen molar-refractivity contribution in [2.45, 2.75) is 17.9 Å². The Morgan fingerprint density at radius 2 is 1.72 bits per heavy atom. The summed E-state index contributed by atoms with van der Waals surface area (Å²) >= 11 is 5.84. The van der Waals surface area contributed by atoms with Crippen molar-refractivity contribution < 1.29 is 8.42 Å². The Kier molecular flexibility index (Phi) is 4.89. The fourth-order valence-corrected chi connectivity index (χ4v) is 3.91. The predicted octanol–water partition coefficient (Wildman–Crippen LogP) is 3.30. The predicted molar refractivity (Wildman–Crippen MR) is 96.2 cm³/mol. The summed E-state index contributed by atoms with van der Waals surface area (Å²) in [6.07, 6.45) is 3.07. The molecule has 0 aliphatic carbocycles. The first-order valence-corrected chi connectivity index (χ1v) is 9.40. The molecule has 130 valence electrons. The molecule has 0 radical (unpaired) electrons. The first-order valence-electron chi connectivity index (χ1n) is 7.58. The molecule has 8 heteroatoms. The smallest absolute Gasteiger partial charge is 0.223 e. The van der Waals surface area contributed by atoms with E-state index in [1.807, 2.05) is 31.2 Å². The molecule has 0 amide bonds. The van der Waals surface area contributed by atoms with Crippen molar-refractivity contribution in [3.8, 4) is 5.69 Å². The number of aromatic nitrogens is 3. The Labute approximate surface area is 151 Å². The Balaban J connectivity index is 1.84. The molecule has 3 rings (SSSR count). The number of rotatable bonds is 5. The van der Waals surface area contributed by atoms with Crippen LogP contribution in [0.4, 0.5) is 0 Å². The van der Waals surface area contributed by atoms with E-state index in [9.17, 15) is 8.42 Å². The van der Waals surface area contributed by atoms with Crippen LogP contribution in [0.3, 0.4) is 0 Å². The molecule has 0 saturated heterocycles. The highest BCUT2D eigenvalue weighted by atomic mass is 35.5. The topological polar surface area (TPSA) is 68.1 Å². The van der Waals surface area contributed by atoms with Gasteiger partial charge in [-0.3, -0.25) is 0 Å². The SMILES string of the molecule is C[C@@H](c1ccc(-n2cncn2)cc1)N(C)S(=O)(=O)c1ccc(Cl)cc1. The van der Waals surface area contributed by atoms with E-state index >= 15 is 0 Å². The highest BCUT2D eigenvalue weighted by molar-refractivity contribution is 7.89. The molecule has 6 nitrogen and oxygen atoms in total. The van der Waals surface area contributed by atoms with Gasteiger partial charge in [0.2, 0.25) is 10.0 Å². The maximum Gasteiger partial charge on any atom is 0.243 e. The van der Waals surface area contributed by atoms with Gasteiger partial charge in [0.25, 0.3) is 0 Å². The maximum atomic E-state index is 12.8. The van der Waals surface area contributed by atoms with E-state index in [-0.39, 0.29) is 10.9 Å². The fourth-order valence-electron chi connectivity index (χ4n) is 2.44. The molecule has 0 aliphatic rings. The second-order valence-corrected chi connectivity index (χ2v) is 8.02. The third kappa shape index (κ3) is 3.58. The van der Waals surface area contributed by atoms with E-state index in [4.69, 9.17) is 11.6 Å². The summed E-state index contributed by atoms with van der Waals surface area (Å²) in [6.45, 7) is 1.85. The molecule has 1 atom stereocenters. The van der Waals surface area contributed by atoms with Gasteiger partial charge in [-0.25, -0.2) is 18.1 Å². The van der Waals surface area contributed by atoms with Crippen LogP contribution in [0, 0.1) is 0 Å². The van der Waals surface area contributed by atoms with E-state index in [0.717, 1.165) is 11.3 Å². The molecular formula is C17H17ClN4O2S. The zero-order valence-corrected chi connectivity index (χ0v) is 15.3. The minimum Gasteiger partial charge on any atom is -0.223 e. The Morgan fingerprint density at radius 1 is 1.08 bits per heavy atom. The fraction of sp³-hybridized carbons (Fsp3) is 0.176. The van der Waals surface area contributed by atoms with Crippen LogP contribution < -0.4 is 0 Å². The van der Waals surface area contributed by atoms with Gasteiger partial charge in [-0.2, -0.15) is 9.40 Å². The van der Waals surface area contributed by atoms with Crippen LogP contribution in [-0.4, -0.2) is 34.5 Å². The van der Waals surface area contributed by atoms with E-state index in [0.29, 0.717) is 5.02 Å². The van der Waals surface area contributed by atoms with E-state index in [1.54, 1.807) is 30.2 Å². The highest BCUT2D eigenvalue weighted by Gasteiger charge is 2.26. The minimum atomic E-state index is -3.61. The lowest BCUT2D eigenvalue weighted by Crippen LogP contribution is -2.29. The van der Waals surface area contributed by atoms with E-state index in [1.165, 1.54) is 22.8 Å². The molecule has 0 fully saturated rings. The first-order chi connectivity index (χ1) is 11.9. The highest BCUT2D eigenvalue weighted by Crippen LogP contribution is 2.27. The van der Waals surface area contributed by atoms with Crippen LogP contribution in [0.15, 0.2) is 66.1 Å². The number of hydrogen-bond acceptors (Lipinski definition) is 4. The third-order valence-corrected chi connectivity index (χ3v) is 6.29. The average molecular weight is 377 g/mol. The summed E-state index contributed by atoms with van der Waals surface area (Å²) in [5.74, 6) is 0. The van der Waals surface area contributed by atoms with Crippen LogP contribution in [0.25, 0.3) is 5.69 Å². The number of nitrogens with zero attached hydrogens (tertiary/aromatic N) is 4. The van der Waals surface area contributed by atoms with Crippen molar-refractivity contribution in [1.29, 1.82) is 0 Å². The normalized spacial score (nSPS) is 13.1. The molecule has 2 aromatic carbocycles. The largest absolute Gasteiger partial charge is 0.243 e. The van der Waals surface area contributed by atoms with E-state index < -0.39 is 10.0 Å². The van der Waals surface area contributed by atoms with Crippen LogP contribution >= 0.6 is 11.6 Å². The Hall–Kier alpha value is -2.22. The van der Waals surface area contributed by atoms with Crippen LogP contribution in [0.5, 0.6) is 0 Å². The van der Waals surface area contributed by atoms with Gasteiger partial charge in [0.05, 0.1) is 10.6 Å². The number of halogens is 1. The van der Waals surface area contributed by atoms with Crippen LogP contribution in [0.2, 0.25) is 5.02 Å². The molecule has 1 aromatic heterocycles. The number of benzene rings is 2. The van der Waals surface area contributed by atoms with Gasteiger partial charge < -0.3 is 0 Å². The van der Waals surface area contributed by atoms with Gasteiger partial charge in [-0.15, -0.1) is 0 Å². The second-order valence-electron chi connectivity index (χ2n) is 5.58. The van der Waals surface area contributed by atoms with Gasteiger partial charge in [0.15, 0.2) is 0 Å². The zero-order chi connectivity index (χ0) is 18.0. The lowest BCUT2D eigenvalue weighted by atomic mass is 10.1. The summed E-state index contributed by atoms with van der Waals surface area (Å²) in [5, 5.41) is 4.57. The van der Waals surface area contributed by atoms with Crippen LogP contribution in [0.1, 0.15) is 18.5 Å². The molecule has 1 heterocycles. The summed E-state index contributed by atoms with van der Waals surface area (Å²) in [5.41, 5.74) is 1.74. The Morgan fingerprint density at radius 3 is 2.28 bits per heavy atom. The molecule has 25 heavy (non-hydrogen) atoms.